The summed E-state index contributed by atoms with van der Waals surface area (Å²) in [6.45, 7) is 0. The molecule has 0 N–H and O–H groups in total. The highest BCUT2D eigenvalue weighted by Crippen LogP contribution is 2.19. The second-order valence-corrected chi connectivity index (χ2v) is 2.82. The SMILES string of the molecule is O=Cc1cnccc1-c1cccnc1. The Kier molecular flexibility index (Phi) is 2.32. The molecule has 0 spiro atoms. The molecule has 0 bridgehead atoms. The first-order chi connectivity index (χ1) is 6.92. The second-order valence-electron chi connectivity index (χ2n) is 2.82. The van der Waals surface area contributed by atoms with Gasteiger partial charge in [-0.25, -0.2) is 0 Å². The molecular formula is C11H8N2O. The fourth-order valence-electron chi connectivity index (χ4n) is 1.29. The minimum absolute atomic E-state index is 0.584. The lowest BCUT2D eigenvalue weighted by molar-refractivity contribution is 0.112. The van der Waals surface area contributed by atoms with Gasteiger partial charge in [0.05, 0.1) is 0 Å². The van der Waals surface area contributed by atoms with Crippen molar-refractivity contribution >= 4 is 6.29 Å². The predicted molar refractivity (Wildman–Crippen MR) is 52.9 cm³/mol. The van der Waals surface area contributed by atoms with E-state index in [2.05, 4.69) is 9.97 Å². The van der Waals surface area contributed by atoms with Gasteiger partial charge in [0.2, 0.25) is 0 Å². The van der Waals surface area contributed by atoms with Gasteiger partial charge < -0.3 is 0 Å². The van der Waals surface area contributed by atoms with Crippen LogP contribution in [0.4, 0.5) is 0 Å². The summed E-state index contributed by atoms with van der Waals surface area (Å²) in [4.78, 5) is 18.6. The minimum Gasteiger partial charge on any atom is -0.298 e. The molecule has 2 aromatic heterocycles. The molecule has 0 saturated heterocycles. The van der Waals surface area contributed by atoms with Crippen LogP contribution in [0.5, 0.6) is 0 Å². The summed E-state index contributed by atoms with van der Waals surface area (Å²) in [7, 11) is 0. The fraction of sp³-hybridized carbons (Fsp3) is 0. The number of carbonyl (C=O) groups is 1. The van der Waals surface area contributed by atoms with Crippen molar-refractivity contribution in [2.24, 2.45) is 0 Å². The van der Waals surface area contributed by atoms with E-state index in [-0.39, 0.29) is 0 Å². The van der Waals surface area contributed by atoms with Crippen molar-refractivity contribution in [1.82, 2.24) is 9.97 Å². The molecule has 0 aliphatic carbocycles. The highest BCUT2D eigenvalue weighted by Gasteiger charge is 2.02. The van der Waals surface area contributed by atoms with Crippen LogP contribution in [-0.4, -0.2) is 16.3 Å². The van der Waals surface area contributed by atoms with Gasteiger partial charge >= 0.3 is 0 Å². The van der Waals surface area contributed by atoms with Crippen molar-refractivity contribution in [1.29, 1.82) is 0 Å². The van der Waals surface area contributed by atoms with Crippen LogP contribution >= 0.6 is 0 Å². The van der Waals surface area contributed by atoms with E-state index in [0.717, 1.165) is 17.4 Å². The first kappa shape index (κ1) is 8.56. The average Bonchev–Trinajstić information content (AvgIpc) is 2.30. The number of nitrogens with zero attached hydrogens (tertiary/aromatic N) is 2. The van der Waals surface area contributed by atoms with Gasteiger partial charge in [-0.3, -0.25) is 14.8 Å². The number of hydrogen-bond acceptors (Lipinski definition) is 3. The van der Waals surface area contributed by atoms with Crippen LogP contribution in [0.25, 0.3) is 11.1 Å². The Hall–Kier alpha value is -2.03. The molecule has 2 rings (SSSR count). The molecule has 0 aliphatic heterocycles. The smallest absolute Gasteiger partial charge is 0.152 e. The number of carbonyl (C=O) groups excluding carboxylic acids is 1. The maximum absolute atomic E-state index is 10.7. The van der Waals surface area contributed by atoms with E-state index in [1.165, 1.54) is 0 Å². The van der Waals surface area contributed by atoms with E-state index >= 15 is 0 Å². The summed E-state index contributed by atoms with van der Waals surface area (Å²) < 4.78 is 0. The van der Waals surface area contributed by atoms with Gasteiger partial charge in [-0.05, 0) is 17.7 Å². The van der Waals surface area contributed by atoms with Crippen molar-refractivity contribution in [3.8, 4) is 11.1 Å². The monoisotopic (exact) mass is 184 g/mol. The van der Waals surface area contributed by atoms with Crippen molar-refractivity contribution in [2.45, 2.75) is 0 Å². The molecule has 2 aromatic rings. The molecule has 3 nitrogen and oxygen atoms in total. The molecule has 14 heavy (non-hydrogen) atoms. The van der Waals surface area contributed by atoms with Crippen molar-refractivity contribution in [3.63, 3.8) is 0 Å². The summed E-state index contributed by atoms with van der Waals surface area (Å²) in [6, 6.07) is 5.56. The van der Waals surface area contributed by atoms with Gasteiger partial charge in [-0.15, -0.1) is 0 Å². The predicted octanol–water partition coefficient (Wildman–Crippen LogP) is 1.96. The third-order valence-electron chi connectivity index (χ3n) is 1.95. The molecule has 2 heterocycles. The van der Waals surface area contributed by atoms with Crippen LogP contribution in [-0.2, 0) is 0 Å². The van der Waals surface area contributed by atoms with Gasteiger partial charge in [0, 0.05) is 35.9 Å². The van der Waals surface area contributed by atoms with E-state index < -0.39 is 0 Å². The number of hydrogen-bond donors (Lipinski definition) is 0. The molecule has 3 heteroatoms. The first-order valence-electron chi connectivity index (χ1n) is 4.21. The summed E-state index contributed by atoms with van der Waals surface area (Å²) in [6.07, 6.45) is 7.44. The Bertz CT molecular complexity index is 440. The topological polar surface area (TPSA) is 42.9 Å². The van der Waals surface area contributed by atoms with E-state index in [1.807, 2.05) is 12.1 Å². The fourth-order valence-corrected chi connectivity index (χ4v) is 1.29. The van der Waals surface area contributed by atoms with Crippen molar-refractivity contribution < 1.29 is 4.79 Å². The Labute approximate surface area is 81.5 Å². The van der Waals surface area contributed by atoms with Crippen LogP contribution in [0.2, 0.25) is 0 Å². The number of pyridine rings is 2. The normalized spacial score (nSPS) is 9.71. The molecular weight excluding hydrogens is 176 g/mol. The zero-order valence-corrected chi connectivity index (χ0v) is 7.42. The van der Waals surface area contributed by atoms with E-state index in [4.69, 9.17) is 0 Å². The highest BCUT2D eigenvalue weighted by atomic mass is 16.1. The lowest BCUT2D eigenvalue weighted by Gasteiger charge is -2.02. The van der Waals surface area contributed by atoms with Gasteiger partial charge in [0.1, 0.15) is 0 Å². The average molecular weight is 184 g/mol. The quantitative estimate of drug-likeness (QED) is 0.670. The Morgan fingerprint density at radius 3 is 2.64 bits per heavy atom. The Balaban J connectivity index is 2.57. The van der Waals surface area contributed by atoms with E-state index in [1.54, 1.807) is 30.9 Å². The molecule has 0 atom stereocenters. The van der Waals surface area contributed by atoms with Crippen LogP contribution in [0.1, 0.15) is 10.4 Å². The first-order valence-corrected chi connectivity index (χ1v) is 4.21. The van der Waals surface area contributed by atoms with Crippen LogP contribution in [0.15, 0.2) is 43.0 Å². The number of aldehydes is 1. The molecule has 68 valence electrons. The summed E-state index contributed by atoms with van der Waals surface area (Å²) >= 11 is 0. The third kappa shape index (κ3) is 1.52. The largest absolute Gasteiger partial charge is 0.298 e. The van der Waals surface area contributed by atoms with Crippen molar-refractivity contribution in [3.05, 3.63) is 48.5 Å². The van der Waals surface area contributed by atoms with Gasteiger partial charge in [0.25, 0.3) is 0 Å². The minimum atomic E-state index is 0.584. The third-order valence-corrected chi connectivity index (χ3v) is 1.95. The van der Waals surface area contributed by atoms with Gasteiger partial charge in [0.15, 0.2) is 6.29 Å². The zero-order chi connectivity index (χ0) is 9.80. The molecule has 0 fully saturated rings. The molecule has 0 aliphatic rings. The van der Waals surface area contributed by atoms with Crippen LogP contribution in [0, 0.1) is 0 Å². The number of rotatable bonds is 2. The maximum atomic E-state index is 10.7. The maximum Gasteiger partial charge on any atom is 0.152 e. The second kappa shape index (κ2) is 3.79. The molecule has 0 unspecified atom stereocenters. The van der Waals surface area contributed by atoms with Crippen LogP contribution in [0.3, 0.4) is 0 Å². The summed E-state index contributed by atoms with van der Waals surface area (Å²) in [5.41, 5.74) is 2.38. The Morgan fingerprint density at radius 1 is 1.07 bits per heavy atom. The van der Waals surface area contributed by atoms with Crippen molar-refractivity contribution in [2.75, 3.05) is 0 Å². The Morgan fingerprint density at radius 2 is 1.93 bits per heavy atom. The lowest BCUT2D eigenvalue weighted by atomic mass is 10.1. The van der Waals surface area contributed by atoms with Gasteiger partial charge in [-0.1, -0.05) is 6.07 Å². The molecule has 0 radical (unpaired) electrons. The number of aromatic nitrogens is 2. The van der Waals surface area contributed by atoms with Gasteiger partial charge in [-0.2, -0.15) is 0 Å². The zero-order valence-electron chi connectivity index (χ0n) is 7.42. The van der Waals surface area contributed by atoms with Crippen LogP contribution < -0.4 is 0 Å². The summed E-state index contributed by atoms with van der Waals surface area (Å²) in [5.74, 6) is 0. The summed E-state index contributed by atoms with van der Waals surface area (Å²) in [5, 5.41) is 0. The lowest BCUT2D eigenvalue weighted by Crippen LogP contribution is -1.88. The molecule has 0 amide bonds. The van der Waals surface area contributed by atoms with E-state index in [9.17, 15) is 4.79 Å². The standard InChI is InChI=1S/C11H8N2O/c14-8-10-7-13-5-3-11(10)9-2-1-4-12-6-9/h1-8H. The van der Waals surface area contributed by atoms with E-state index in [0.29, 0.717) is 5.56 Å². The highest BCUT2D eigenvalue weighted by molar-refractivity contribution is 5.86. The molecule has 0 saturated carbocycles. The molecule has 0 aromatic carbocycles.